The monoisotopic (exact) mass is 582 g/mol. The number of ketones is 1. The molecular weight excluding hydrogens is 540 g/mol. The third-order valence-corrected chi connectivity index (χ3v) is 11.1. The Balaban J connectivity index is 1.76. The minimum absolute atomic E-state index is 0.0801. The fraction of sp³-hybridized carbons (Fsp3) is 0.636. The van der Waals surface area contributed by atoms with Crippen molar-refractivity contribution in [3.63, 3.8) is 0 Å². The average Bonchev–Trinajstić information content (AvgIpc) is 3.48. The molecule has 9 nitrogen and oxygen atoms in total. The molecule has 2 heterocycles. The van der Waals surface area contributed by atoms with Crippen LogP contribution >= 0.6 is 0 Å². The highest BCUT2D eigenvalue weighted by Gasteiger charge is 2.74. The zero-order valence-corrected chi connectivity index (χ0v) is 25.7. The Hall–Kier alpha value is -3.20. The van der Waals surface area contributed by atoms with E-state index < -0.39 is 69.9 Å². The molecule has 228 valence electrons. The summed E-state index contributed by atoms with van der Waals surface area (Å²) in [5, 5.41) is 12.4. The van der Waals surface area contributed by atoms with E-state index in [4.69, 9.17) is 18.6 Å². The Kier molecular flexibility index (Phi) is 7.16. The van der Waals surface area contributed by atoms with Crippen LogP contribution in [0.1, 0.15) is 86.1 Å². The van der Waals surface area contributed by atoms with Gasteiger partial charge in [-0.1, -0.05) is 26.8 Å². The summed E-state index contributed by atoms with van der Waals surface area (Å²) in [6.07, 6.45) is 4.12. The van der Waals surface area contributed by atoms with Gasteiger partial charge in [-0.05, 0) is 64.2 Å². The lowest BCUT2D eigenvalue weighted by Gasteiger charge is -2.67. The van der Waals surface area contributed by atoms with Crippen LogP contribution in [0.4, 0.5) is 0 Å². The lowest BCUT2D eigenvalue weighted by molar-refractivity contribution is -0.265. The molecule has 0 aromatic carbocycles. The van der Waals surface area contributed by atoms with Crippen LogP contribution < -0.4 is 0 Å². The number of esters is 3. The van der Waals surface area contributed by atoms with Gasteiger partial charge in [0.25, 0.3) is 0 Å². The lowest BCUT2D eigenvalue weighted by Crippen LogP contribution is -2.72. The molecule has 9 heteroatoms. The largest absolute Gasteiger partial charge is 0.472 e. The van der Waals surface area contributed by atoms with E-state index in [2.05, 4.69) is 0 Å². The molecule has 1 saturated heterocycles. The predicted octanol–water partition coefficient (Wildman–Crippen LogP) is 4.83. The molecule has 0 bridgehead atoms. The standard InChI is InChI=1S/C33H42O9/c1-9-17(2)29(38)41-28-26(37)27-30(4,5)42-24(36)15-23(40-18(3)34)33(27,8)21-10-12-31(6)22(32(21,28)7)14-20(35)25(31)19-11-13-39-16-19/h9,11,13-14,16,21,23,25-28,37H,10,12,15H2,1-8H3. The van der Waals surface area contributed by atoms with E-state index in [1.54, 1.807) is 58.4 Å². The van der Waals surface area contributed by atoms with Crippen LogP contribution in [-0.2, 0) is 33.4 Å². The second-order valence-corrected chi connectivity index (χ2v) is 13.8. The normalized spacial score (nSPS) is 41.0. The smallest absolute Gasteiger partial charge is 0.333 e. The Labute approximate surface area is 246 Å². The number of carbonyl (C=O) groups excluding carboxylic acids is 4. The number of aliphatic hydroxyl groups is 1. The van der Waals surface area contributed by atoms with Crippen LogP contribution in [0, 0.1) is 28.1 Å². The number of hydrogen-bond acceptors (Lipinski definition) is 9. The van der Waals surface area contributed by atoms with Crippen molar-refractivity contribution in [2.24, 2.45) is 28.1 Å². The summed E-state index contributed by atoms with van der Waals surface area (Å²) in [7, 11) is 0. The van der Waals surface area contributed by atoms with Gasteiger partial charge >= 0.3 is 17.9 Å². The number of fused-ring (bicyclic) bond motifs is 5. The summed E-state index contributed by atoms with van der Waals surface area (Å²) in [5.41, 5.74) is -1.97. The van der Waals surface area contributed by atoms with E-state index in [1.165, 1.54) is 6.92 Å². The van der Waals surface area contributed by atoms with E-state index in [1.807, 2.05) is 20.8 Å². The number of cyclic esters (lactones) is 1. The first-order valence-corrected chi connectivity index (χ1v) is 14.7. The van der Waals surface area contributed by atoms with Crippen molar-refractivity contribution in [1.29, 1.82) is 0 Å². The maximum absolute atomic E-state index is 13.8. The Morgan fingerprint density at radius 3 is 2.38 bits per heavy atom. The topological polar surface area (TPSA) is 129 Å². The minimum Gasteiger partial charge on any atom is -0.472 e. The van der Waals surface area contributed by atoms with Crippen molar-refractivity contribution in [3.8, 4) is 0 Å². The number of rotatable bonds is 4. The predicted molar refractivity (Wildman–Crippen MR) is 151 cm³/mol. The van der Waals surface area contributed by atoms with E-state index in [0.717, 1.165) is 11.1 Å². The number of furan rings is 1. The van der Waals surface area contributed by atoms with Crippen LogP contribution in [-0.4, -0.2) is 52.7 Å². The number of allylic oxidation sites excluding steroid dienone is 2. The van der Waals surface area contributed by atoms with Crippen molar-refractivity contribution < 1.29 is 42.9 Å². The Morgan fingerprint density at radius 2 is 1.79 bits per heavy atom. The van der Waals surface area contributed by atoms with Gasteiger partial charge in [0.05, 0.1) is 31.0 Å². The third kappa shape index (κ3) is 4.13. The highest BCUT2D eigenvalue weighted by Crippen LogP contribution is 2.72. The fourth-order valence-electron chi connectivity index (χ4n) is 9.48. The first-order chi connectivity index (χ1) is 19.5. The van der Waals surface area contributed by atoms with Gasteiger partial charge in [-0.15, -0.1) is 0 Å². The van der Waals surface area contributed by atoms with Crippen LogP contribution in [0.15, 0.2) is 46.3 Å². The molecule has 1 aromatic rings. The molecule has 0 radical (unpaired) electrons. The van der Waals surface area contributed by atoms with Gasteiger partial charge in [-0.25, -0.2) is 4.79 Å². The number of carbonyl (C=O) groups is 4. The van der Waals surface area contributed by atoms with E-state index in [-0.39, 0.29) is 18.1 Å². The lowest BCUT2D eigenvalue weighted by atomic mass is 9.39. The maximum atomic E-state index is 13.8. The SMILES string of the molecule is CC=C(C)C(=O)OC1C(O)C2C(C)(C)OC(=O)CC(OC(C)=O)C2(C)C2CCC3(C)C(=CC(=O)C3c3ccoc3)C12C. The summed E-state index contributed by atoms with van der Waals surface area (Å²) in [6, 6.07) is 1.80. The molecule has 2 saturated carbocycles. The Morgan fingerprint density at radius 1 is 1.10 bits per heavy atom. The molecule has 3 fully saturated rings. The molecule has 1 N–H and O–H groups in total. The van der Waals surface area contributed by atoms with Crippen molar-refractivity contribution in [1.82, 2.24) is 0 Å². The van der Waals surface area contributed by atoms with Gasteiger partial charge in [0.2, 0.25) is 0 Å². The molecule has 1 aliphatic heterocycles. The second kappa shape index (κ2) is 9.93. The molecule has 3 aliphatic carbocycles. The molecule has 9 unspecified atom stereocenters. The molecular formula is C33H42O9. The van der Waals surface area contributed by atoms with Crippen LogP contribution in [0.3, 0.4) is 0 Å². The van der Waals surface area contributed by atoms with Crippen molar-refractivity contribution in [2.75, 3.05) is 0 Å². The molecule has 9 atom stereocenters. The van der Waals surface area contributed by atoms with Gasteiger partial charge in [0.15, 0.2) is 5.78 Å². The van der Waals surface area contributed by atoms with Crippen LogP contribution in [0.2, 0.25) is 0 Å². The number of aliphatic hydroxyl groups excluding tert-OH is 1. The summed E-state index contributed by atoms with van der Waals surface area (Å²) >= 11 is 0. The summed E-state index contributed by atoms with van der Waals surface area (Å²) in [6.45, 7) is 14.1. The zero-order chi connectivity index (χ0) is 31.0. The van der Waals surface area contributed by atoms with Crippen molar-refractivity contribution in [2.45, 2.75) is 104 Å². The highest BCUT2D eigenvalue weighted by atomic mass is 16.6. The van der Waals surface area contributed by atoms with Gasteiger partial charge in [0, 0.05) is 40.2 Å². The summed E-state index contributed by atoms with van der Waals surface area (Å²) in [4.78, 5) is 52.7. The van der Waals surface area contributed by atoms with Crippen molar-refractivity contribution >= 4 is 23.7 Å². The highest BCUT2D eigenvalue weighted by molar-refractivity contribution is 6.00. The molecule has 4 aliphatic rings. The summed E-state index contributed by atoms with van der Waals surface area (Å²) < 4.78 is 23.4. The van der Waals surface area contributed by atoms with E-state index in [0.29, 0.717) is 18.4 Å². The quantitative estimate of drug-likeness (QED) is 0.302. The summed E-state index contributed by atoms with van der Waals surface area (Å²) in [5.74, 6) is -3.37. The van der Waals surface area contributed by atoms with Crippen molar-refractivity contribution in [3.05, 3.63) is 47.5 Å². The van der Waals surface area contributed by atoms with E-state index in [9.17, 15) is 24.3 Å². The first-order valence-electron chi connectivity index (χ1n) is 14.7. The molecule has 1 aromatic heterocycles. The van der Waals surface area contributed by atoms with Crippen LogP contribution in [0.25, 0.3) is 0 Å². The number of ether oxygens (including phenoxy) is 3. The van der Waals surface area contributed by atoms with Crippen LogP contribution in [0.5, 0.6) is 0 Å². The van der Waals surface area contributed by atoms with E-state index >= 15 is 0 Å². The van der Waals surface area contributed by atoms with Gasteiger partial charge < -0.3 is 23.7 Å². The Bertz CT molecular complexity index is 1370. The van der Waals surface area contributed by atoms with Gasteiger partial charge in [0.1, 0.15) is 17.8 Å². The molecule has 42 heavy (non-hydrogen) atoms. The van der Waals surface area contributed by atoms with Gasteiger partial charge in [-0.2, -0.15) is 0 Å². The molecule has 0 amide bonds. The minimum atomic E-state index is -1.32. The fourth-order valence-corrected chi connectivity index (χ4v) is 9.48. The average molecular weight is 583 g/mol. The zero-order valence-electron chi connectivity index (χ0n) is 25.7. The number of hydrogen-bond donors (Lipinski definition) is 1. The van der Waals surface area contributed by atoms with Gasteiger partial charge in [-0.3, -0.25) is 14.4 Å². The maximum Gasteiger partial charge on any atom is 0.333 e. The molecule has 0 spiro atoms. The second-order valence-electron chi connectivity index (χ2n) is 13.8. The first kappa shape index (κ1) is 30.3. The molecule has 5 rings (SSSR count). The third-order valence-electron chi connectivity index (χ3n) is 11.1.